The highest BCUT2D eigenvalue weighted by Gasteiger charge is 2.15. The molecule has 98 valence electrons. The van der Waals surface area contributed by atoms with E-state index in [1.807, 2.05) is 13.0 Å². The molecule has 0 aliphatic heterocycles. The Morgan fingerprint density at radius 3 is 2.67 bits per heavy atom. The van der Waals surface area contributed by atoms with Crippen molar-refractivity contribution in [1.29, 1.82) is 0 Å². The van der Waals surface area contributed by atoms with Crippen LogP contribution in [0.5, 0.6) is 0 Å². The standard InChI is InChI=1S/C15H21FN2/c1-5-7-18(8-6-2)15-9-11(3)14(16)10-13(15)12(4)17/h1,9-10,12H,6-8,17H2,2-4H3/t12-/m0/s1. The average molecular weight is 248 g/mol. The Morgan fingerprint density at radius 2 is 2.17 bits per heavy atom. The van der Waals surface area contributed by atoms with Gasteiger partial charge in [0.25, 0.3) is 0 Å². The van der Waals surface area contributed by atoms with E-state index in [-0.39, 0.29) is 11.9 Å². The Kier molecular flexibility index (Phi) is 5.18. The second-order valence-electron chi connectivity index (χ2n) is 4.57. The van der Waals surface area contributed by atoms with E-state index in [1.54, 1.807) is 6.92 Å². The van der Waals surface area contributed by atoms with Crippen LogP contribution in [-0.4, -0.2) is 13.1 Å². The van der Waals surface area contributed by atoms with Gasteiger partial charge < -0.3 is 10.6 Å². The summed E-state index contributed by atoms with van der Waals surface area (Å²) in [6, 6.07) is 3.14. The molecule has 1 rings (SSSR count). The van der Waals surface area contributed by atoms with E-state index in [9.17, 15) is 4.39 Å². The van der Waals surface area contributed by atoms with E-state index in [1.165, 1.54) is 6.07 Å². The summed E-state index contributed by atoms with van der Waals surface area (Å²) in [5, 5.41) is 0. The lowest BCUT2D eigenvalue weighted by molar-refractivity contribution is 0.612. The Bertz CT molecular complexity index is 447. The van der Waals surface area contributed by atoms with Crippen LogP contribution in [-0.2, 0) is 0 Å². The van der Waals surface area contributed by atoms with Crippen LogP contribution < -0.4 is 10.6 Å². The molecule has 0 spiro atoms. The van der Waals surface area contributed by atoms with Gasteiger partial charge in [0.1, 0.15) is 5.82 Å². The van der Waals surface area contributed by atoms with Crippen LogP contribution in [0, 0.1) is 25.1 Å². The second kappa shape index (κ2) is 6.42. The molecule has 0 saturated heterocycles. The third-order valence-corrected chi connectivity index (χ3v) is 2.91. The number of nitrogens with two attached hydrogens (primary N) is 1. The molecule has 2 N–H and O–H groups in total. The number of hydrogen-bond acceptors (Lipinski definition) is 2. The second-order valence-corrected chi connectivity index (χ2v) is 4.57. The van der Waals surface area contributed by atoms with Gasteiger partial charge in [0.15, 0.2) is 0 Å². The van der Waals surface area contributed by atoms with E-state index in [0.29, 0.717) is 12.1 Å². The quantitative estimate of drug-likeness (QED) is 0.812. The predicted octanol–water partition coefficient (Wildman–Crippen LogP) is 3.00. The minimum absolute atomic E-state index is 0.216. The van der Waals surface area contributed by atoms with Crippen molar-refractivity contribution in [3.63, 3.8) is 0 Å². The molecular formula is C15H21FN2. The van der Waals surface area contributed by atoms with Crippen molar-refractivity contribution in [2.24, 2.45) is 5.73 Å². The number of hydrogen-bond donors (Lipinski definition) is 1. The van der Waals surface area contributed by atoms with Gasteiger partial charge in [0.2, 0.25) is 0 Å². The highest BCUT2D eigenvalue weighted by Crippen LogP contribution is 2.28. The molecule has 1 atom stereocenters. The third kappa shape index (κ3) is 3.24. The first-order valence-corrected chi connectivity index (χ1v) is 6.25. The average Bonchev–Trinajstić information content (AvgIpc) is 2.31. The van der Waals surface area contributed by atoms with E-state index < -0.39 is 0 Å². The molecule has 0 heterocycles. The van der Waals surface area contributed by atoms with Gasteiger partial charge >= 0.3 is 0 Å². The minimum Gasteiger partial charge on any atom is -0.360 e. The molecule has 0 aliphatic carbocycles. The lowest BCUT2D eigenvalue weighted by atomic mass is 10.0. The molecule has 0 amide bonds. The first kappa shape index (κ1) is 14.5. The van der Waals surface area contributed by atoms with E-state index in [0.717, 1.165) is 24.2 Å². The van der Waals surface area contributed by atoms with Crippen molar-refractivity contribution in [3.8, 4) is 12.3 Å². The zero-order chi connectivity index (χ0) is 13.7. The number of anilines is 1. The molecule has 3 heteroatoms. The summed E-state index contributed by atoms with van der Waals surface area (Å²) in [5.74, 6) is 2.42. The smallest absolute Gasteiger partial charge is 0.126 e. The SMILES string of the molecule is C#CCN(CCC)c1cc(C)c(F)cc1[C@H](C)N. The zero-order valence-corrected chi connectivity index (χ0v) is 11.3. The van der Waals surface area contributed by atoms with E-state index >= 15 is 0 Å². The number of nitrogens with zero attached hydrogens (tertiary/aromatic N) is 1. The molecule has 0 aromatic heterocycles. The van der Waals surface area contributed by atoms with Crippen molar-refractivity contribution in [2.75, 3.05) is 18.0 Å². The van der Waals surface area contributed by atoms with Gasteiger partial charge in [-0.25, -0.2) is 4.39 Å². The first-order valence-electron chi connectivity index (χ1n) is 6.25. The summed E-state index contributed by atoms with van der Waals surface area (Å²) in [7, 11) is 0. The zero-order valence-electron chi connectivity index (χ0n) is 11.3. The molecule has 18 heavy (non-hydrogen) atoms. The summed E-state index contributed by atoms with van der Waals surface area (Å²) >= 11 is 0. The van der Waals surface area contributed by atoms with E-state index in [2.05, 4.69) is 17.7 Å². The summed E-state index contributed by atoms with van der Waals surface area (Å²) in [6.07, 6.45) is 6.38. The Hall–Kier alpha value is -1.53. The molecule has 0 unspecified atom stereocenters. The number of rotatable bonds is 5. The van der Waals surface area contributed by atoms with Crippen LogP contribution in [0.3, 0.4) is 0 Å². The molecule has 0 bridgehead atoms. The van der Waals surface area contributed by atoms with Crippen LogP contribution in [0.4, 0.5) is 10.1 Å². The van der Waals surface area contributed by atoms with Crippen LogP contribution in [0.1, 0.15) is 37.4 Å². The van der Waals surface area contributed by atoms with Gasteiger partial charge in [-0.15, -0.1) is 6.42 Å². The number of terminal acetylenes is 1. The van der Waals surface area contributed by atoms with Crippen LogP contribution in [0.2, 0.25) is 0 Å². The first-order chi connectivity index (χ1) is 8.51. The van der Waals surface area contributed by atoms with Crippen LogP contribution in [0.15, 0.2) is 12.1 Å². The van der Waals surface area contributed by atoms with Crippen LogP contribution in [0.25, 0.3) is 0 Å². The lowest BCUT2D eigenvalue weighted by Gasteiger charge is -2.26. The molecular weight excluding hydrogens is 227 g/mol. The number of benzene rings is 1. The topological polar surface area (TPSA) is 29.3 Å². The highest BCUT2D eigenvalue weighted by atomic mass is 19.1. The van der Waals surface area contributed by atoms with Crippen molar-refractivity contribution < 1.29 is 4.39 Å². The summed E-state index contributed by atoms with van der Waals surface area (Å²) in [5.41, 5.74) is 8.29. The van der Waals surface area contributed by atoms with Gasteiger partial charge in [-0.2, -0.15) is 0 Å². The fourth-order valence-corrected chi connectivity index (χ4v) is 1.99. The van der Waals surface area contributed by atoms with Gasteiger partial charge in [-0.05, 0) is 43.5 Å². The lowest BCUT2D eigenvalue weighted by Crippen LogP contribution is -2.27. The normalized spacial score (nSPS) is 12.0. The fraction of sp³-hybridized carbons (Fsp3) is 0.467. The summed E-state index contributed by atoms with van der Waals surface area (Å²) in [4.78, 5) is 2.07. The van der Waals surface area contributed by atoms with Gasteiger partial charge in [0.05, 0.1) is 6.54 Å². The number of halogens is 1. The van der Waals surface area contributed by atoms with Gasteiger partial charge in [0, 0.05) is 18.3 Å². The monoisotopic (exact) mass is 248 g/mol. The van der Waals surface area contributed by atoms with Crippen molar-refractivity contribution in [2.45, 2.75) is 33.2 Å². The van der Waals surface area contributed by atoms with Crippen molar-refractivity contribution >= 4 is 5.69 Å². The molecule has 0 fully saturated rings. The third-order valence-electron chi connectivity index (χ3n) is 2.91. The maximum absolute atomic E-state index is 13.6. The Morgan fingerprint density at radius 1 is 1.50 bits per heavy atom. The molecule has 2 nitrogen and oxygen atoms in total. The van der Waals surface area contributed by atoms with Crippen LogP contribution >= 0.6 is 0 Å². The van der Waals surface area contributed by atoms with Crippen molar-refractivity contribution in [1.82, 2.24) is 0 Å². The fourth-order valence-electron chi connectivity index (χ4n) is 1.99. The van der Waals surface area contributed by atoms with Gasteiger partial charge in [-0.1, -0.05) is 12.8 Å². The minimum atomic E-state index is -0.219. The largest absolute Gasteiger partial charge is 0.360 e. The van der Waals surface area contributed by atoms with Crippen molar-refractivity contribution in [3.05, 3.63) is 29.1 Å². The predicted molar refractivity (Wildman–Crippen MR) is 75.1 cm³/mol. The van der Waals surface area contributed by atoms with E-state index in [4.69, 9.17) is 12.2 Å². The summed E-state index contributed by atoms with van der Waals surface area (Å²) in [6.45, 7) is 7.05. The highest BCUT2D eigenvalue weighted by molar-refractivity contribution is 5.57. The molecule has 0 saturated carbocycles. The molecule has 0 radical (unpaired) electrons. The molecule has 1 aromatic rings. The van der Waals surface area contributed by atoms with Gasteiger partial charge in [-0.3, -0.25) is 0 Å². The molecule has 0 aliphatic rings. The molecule has 1 aromatic carbocycles. The Labute approximate surface area is 109 Å². The maximum Gasteiger partial charge on any atom is 0.126 e. The number of aryl methyl sites for hydroxylation is 1. The summed E-state index contributed by atoms with van der Waals surface area (Å²) < 4.78 is 13.6. The maximum atomic E-state index is 13.6. The Balaban J connectivity index is 3.26.